The number of hydrogen-bond donors (Lipinski definition) is 2. The van der Waals surface area contributed by atoms with E-state index in [1.807, 2.05) is 0 Å². The Bertz CT molecular complexity index is 593. The van der Waals surface area contributed by atoms with Gasteiger partial charge in [-0.2, -0.15) is 9.49 Å². The zero-order valence-electron chi connectivity index (χ0n) is 9.74. The summed E-state index contributed by atoms with van der Waals surface area (Å²) in [7, 11) is 2.98. The number of benzene rings is 1. The van der Waals surface area contributed by atoms with Crippen molar-refractivity contribution < 1.29 is 14.2 Å². The van der Waals surface area contributed by atoms with Gasteiger partial charge < -0.3 is 15.6 Å². The lowest BCUT2D eigenvalue weighted by molar-refractivity contribution is 0.363. The first kappa shape index (κ1) is 12.7. The summed E-state index contributed by atoms with van der Waals surface area (Å²) in [4.78, 5) is 0. The summed E-state index contributed by atoms with van der Waals surface area (Å²) in [6, 6.07) is 3.08. The number of aromatic hydroxyl groups is 1. The first-order valence-corrected chi connectivity index (χ1v) is 5.79. The van der Waals surface area contributed by atoms with Crippen LogP contribution in [0.5, 0.6) is 11.5 Å². The van der Waals surface area contributed by atoms with E-state index in [4.69, 9.17) is 10.5 Å². The Morgan fingerprint density at radius 2 is 2.17 bits per heavy atom. The molecule has 1 aromatic heterocycles. The van der Waals surface area contributed by atoms with Crippen molar-refractivity contribution >= 4 is 21.7 Å². The van der Waals surface area contributed by atoms with Crippen LogP contribution < -0.4 is 10.5 Å². The van der Waals surface area contributed by atoms with E-state index in [0.717, 1.165) is 0 Å². The maximum absolute atomic E-state index is 13.8. The summed E-state index contributed by atoms with van der Waals surface area (Å²) in [5.74, 6) is -1.00. The quantitative estimate of drug-likeness (QED) is 0.891. The Hall–Kier alpha value is -1.76. The minimum atomic E-state index is -0.842. The monoisotopic (exact) mass is 315 g/mol. The molecule has 0 aliphatic carbocycles. The molecule has 1 heterocycles. The van der Waals surface area contributed by atoms with Crippen LogP contribution in [0, 0.1) is 5.82 Å². The minimum absolute atomic E-state index is 0.0554. The molecular weight excluding hydrogens is 305 g/mol. The molecule has 0 radical (unpaired) electrons. The molecule has 0 bridgehead atoms. The summed E-state index contributed by atoms with van der Waals surface area (Å²) < 4.78 is 20.5. The van der Waals surface area contributed by atoms with Crippen molar-refractivity contribution in [3.8, 4) is 22.8 Å². The molecule has 0 aliphatic rings. The van der Waals surface area contributed by atoms with Gasteiger partial charge in [-0.15, -0.1) is 0 Å². The van der Waals surface area contributed by atoms with Crippen molar-refractivity contribution in [2.75, 3.05) is 12.8 Å². The molecular formula is C11H11BrFN3O2. The first-order chi connectivity index (χ1) is 8.45. The number of ether oxygens (including phenoxy) is 1. The van der Waals surface area contributed by atoms with E-state index in [2.05, 4.69) is 21.0 Å². The van der Waals surface area contributed by atoms with Crippen molar-refractivity contribution in [1.29, 1.82) is 0 Å². The number of nitrogens with two attached hydrogens (primary N) is 1. The summed E-state index contributed by atoms with van der Waals surface area (Å²) >= 11 is 3.17. The van der Waals surface area contributed by atoms with Crippen molar-refractivity contribution in [3.63, 3.8) is 0 Å². The van der Waals surface area contributed by atoms with Crippen molar-refractivity contribution in [2.45, 2.75) is 0 Å². The topological polar surface area (TPSA) is 73.3 Å². The molecule has 0 spiro atoms. The molecule has 0 unspecified atom stereocenters. The second-order valence-corrected chi connectivity index (χ2v) is 4.53. The number of methoxy groups -OCH3 is 1. The van der Waals surface area contributed by atoms with Gasteiger partial charge in [0, 0.05) is 18.7 Å². The van der Waals surface area contributed by atoms with Crippen LogP contribution in [0.1, 0.15) is 0 Å². The van der Waals surface area contributed by atoms with Crippen LogP contribution in [0.4, 0.5) is 10.2 Å². The average Bonchev–Trinajstić information content (AvgIpc) is 2.65. The largest absolute Gasteiger partial charge is 0.504 e. The molecule has 0 saturated heterocycles. The normalized spacial score (nSPS) is 10.7. The van der Waals surface area contributed by atoms with E-state index >= 15 is 0 Å². The fourth-order valence-corrected chi connectivity index (χ4v) is 2.15. The van der Waals surface area contributed by atoms with Gasteiger partial charge >= 0.3 is 0 Å². The van der Waals surface area contributed by atoms with Crippen LogP contribution in [0.15, 0.2) is 16.6 Å². The first-order valence-electron chi connectivity index (χ1n) is 5.00. The Morgan fingerprint density at radius 3 is 2.67 bits per heavy atom. The van der Waals surface area contributed by atoms with Gasteiger partial charge in [0.15, 0.2) is 11.5 Å². The highest BCUT2D eigenvalue weighted by Gasteiger charge is 2.20. The number of hydrogen-bond acceptors (Lipinski definition) is 4. The third-order valence-electron chi connectivity index (χ3n) is 2.55. The zero-order chi connectivity index (χ0) is 13.4. The van der Waals surface area contributed by atoms with Crippen molar-refractivity contribution in [3.05, 3.63) is 22.4 Å². The maximum Gasteiger partial charge on any atom is 0.208 e. The van der Waals surface area contributed by atoms with Gasteiger partial charge in [-0.25, -0.2) is 0 Å². The third kappa shape index (κ3) is 1.90. The number of nitrogens with zero attached hydrogens (tertiary/aromatic N) is 2. The molecule has 0 atom stereocenters. The number of aromatic nitrogens is 2. The number of phenolic OH excluding ortho intramolecular Hbond substituents is 1. The molecule has 5 nitrogen and oxygen atoms in total. The molecule has 96 valence electrons. The van der Waals surface area contributed by atoms with Crippen molar-refractivity contribution in [1.82, 2.24) is 9.78 Å². The molecule has 0 amide bonds. The van der Waals surface area contributed by atoms with Gasteiger partial charge in [0.2, 0.25) is 5.82 Å². The maximum atomic E-state index is 13.8. The predicted octanol–water partition coefficient (Wildman–Crippen LogP) is 2.29. The van der Waals surface area contributed by atoms with Gasteiger partial charge in [0.05, 0.1) is 17.3 Å². The van der Waals surface area contributed by atoms with E-state index in [1.165, 1.54) is 17.9 Å². The number of anilines is 1. The lowest BCUT2D eigenvalue weighted by Crippen LogP contribution is -1.97. The Labute approximate surface area is 111 Å². The zero-order valence-corrected chi connectivity index (χ0v) is 11.3. The van der Waals surface area contributed by atoms with Crippen LogP contribution >= 0.6 is 15.9 Å². The van der Waals surface area contributed by atoms with Gasteiger partial charge in [0.25, 0.3) is 0 Å². The van der Waals surface area contributed by atoms with Crippen LogP contribution in [0.2, 0.25) is 0 Å². The fraction of sp³-hybridized carbons (Fsp3) is 0.182. The van der Waals surface area contributed by atoms with E-state index in [-0.39, 0.29) is 11.3 Å². The number of rotatable bonds is 2. The summed E-state index contributed by atoms with van der Waals surface area (Å²) in [5, 5.41) is 13.9. The number of phenols is 1. The molecule has 0 saturated carbocycles. The average molecular weight is 316 g/mol. The molecule has 0 fully saturated rings. The molecule has 3 N–H and O–H groups in total. The fourth-order valence-electron chi connectivity index (χ4n) is 1.59. The van der Waals surface area contributed by atoms with E-state index in [9.17, 15) is 9.50 Å². The molecule has 18 heavy (non-hydrogen) atoms. The van der Waals surface area contributed by atoms with Crippen LogP contribution in [0.25, 0.3) is 11.3 Å². The highest BCUT2D eigenvalue weighted by atomic mass is 79.9. The van der Waals surface area contributed by atoms with Gasteiger partial charge in [-0.3, -0.25) is 4.68 Å². The lowest BCUT2D eigenvalue weighted by Gasteiger charge is -2.09. The third-order valence-corrected chi connectivity index (χ3v) is 3.14. The Kier molecular flexibility index (Phi) is 3.16. The highest BCUT2D eigenvalue weighted by Crippen LogP contribution is 2.41. The predicted molar refractivity (Wildman–Crippen MR) is 68.9 cm³/mol. The second-order valence-electron chi connectivity index (χ2n) is 3.68. The minimum Gasteiger partial charge on any atom is -0.504 e. The van der Waals surface area contributed by atoms with Gasteiger partial charge in [-0.1, -0.05) is 0 Å². The van der Waals surface area contributed by atoms with Crippen LogP contribution in [-0.4, -0.2) is 22.0 Å². The molecule has 7 heteroatoms. The lowest BCUT2D eigenvalue weighted by atomic mass is 10.1. The Balaban J connectivity index is 2.66. The molecule has 0 aliphatic heterocycles. The molecule has 2 aromatic rings. The number of nitrogen functional groups attached to an aromatic ring is 1. The number of aryl methyl sites for hydroxylation is 1. The van der Waals surface area contributed by atoms with E-state index < -0.39 is 11.6 Å². The summed E-state index contributed by atoms with van der Waals surface area (Å²) in [5.41, 5.74) is 6.28. The van der Waals surface area contributed by atoms with Crippen molar-refractivity contribution in [2.24, 2.45) is 7.05 Å². The van der Waals surface area contributed by atoms with Crippen LogP contribution in [-0.2, 0) is 7.05 Å². The van der Waals surface area contributed by atoms with E-state index in [1.54, 1.807) is 13.1 Å². The smallest absolute Gasteiger partial charge is 0.208 e. The van der Waals surface area contributed by atoms with Crippen LogP contribution in [0.3, 0.4) is 0 Å². The number of halogens is 2. The summed E-state index contributed by atoms with van der Waals surface area (Å²) in [6.45, 7) is 0. The molecule has 1 aromatic carbocycles. The van der Waals surface area contributed by atoms with Gasteiger partial charge in [-0.05, 0) is 22.0 Å². The standard InChI is InChI=1S/C11H11BrFN3O2/c1-16-8(14)4-7(15-16)5-3-6(12)11(18-2)9(13)10(5)17/h3-4,17H,14H2,1-2H3. The highest BCUT2D eigenvalue weighted by molar-refractivity contribution is 9.10. The van der Waals surface area contributed by atoms with E-state index in [0.29, 0.717) is 16.0 Å². The van der Waals surface area contributed by atoms with Gasteiger partial charge in [0.1, 0.15) is 5.82 Å². The SMILES string of the molecule is COc1c(Br)cc(-c2cc(N)n(C)n2)c(O)c1F. The second kappa shape index (κ2) is 4.49. The molecule has 2 rings (SSSR count). The Morgan fingerprint density at radius 1 is 1.50 bits per heavy atom. The summed E-state index contributed by atoms with van der Waals surface area (Å²) in [6.07, 6.45) is 0.